The summed E-state index contributed by atoms with van der Waals surface area (Å²) in [5.41, 5.74) is 3.41. The van der Waals surface area contributed by atoms with E-state index in [0.29, 0.717) is 13.1 Å². The minimum absolute atomic E-state index is 0.0803. The van der Waals surface area contributed by atoms with Crippen molar-refractivity contribution in [2.45, 2.75) is 20.4 Å². The molecule has 3 aromatic rings. The standard InChI is InChI=1S/C21H23ClN4OS/c1-4-12-25(13-18-10-11-19(22)28-18)14-20(27)23-21-15(2)24-26(16(21)3)17-8-6-5-7-9-17/h4-11H,1,12-14H2,2-3H3,(H,23,27). The molecule has 0 aliphatic rings. The predicted molar refractivity (Wildman–Crippen MR) is 116 cm³/mol. The number of halogens is 1. The van der Waals surface area contributed by atoms with Crippen LogP contribution in [0, 0.1) is 13.8 Å². The Bertz CT molecular complexity index is 964. The van der Waals surface area contributed by atoms with Gasteiger partial charge in [-0.1, -0.05) is 35.9 Å². The molecule has 3 rings (SSSR count). The third-order valence-corrected chi connectivity index (χ3v) is 5.54. The number of para-hydroxylation sites is 1. The van der Waals surface area contributed by atoms with Crippen LogP contribution in [-0.2, 0) is 11.3 Å². The number of carbonyl (C=O) groups is 1. The monoisotopic (exact) mass is 414 g/mol. The number of benzene rings is 1. The molecule has 0 atom stereocenters. The highest BCUT2D eigenvalue weighted by Crippen LogP contribution is 2.24. The Labute approximate surface area is 174 Å². The highest BCUT2D eigenvalue weighted by molar-refractivity contribution is 7.16. The SMILES string of the molecule is C=CCN(CC(=O)Nc1c(C)nn(-c2ccccc2)c1C)Cc1ccc(Cl)s1. The van der Waals surface area contributed by atoms with Crippen molar-refractivity contribution in [1.29, 1.82) is 0 Å². The van der Waals surface area contributed by atoms with Gasteiger partial charge in [0.25, 0.3) is 0 Å². The average Bonchev–Trinajstić information content (AvgIpc) is 3.20. The van der Waals surface area contributed by atoms with E-state index in [1.165, 1.54) is 11.3 Å². The fourth-order valence-corrected chi connectivity index (χ4v) is 4.18. The molecule has 1 aromatic carbocycles. The number of aryl methyl sites for hydroxylation is 1. The maximum atomic E-state index is 12.7. The van der Waals surface area contributed by atoms with E-state index in [1.807, 2.05) is 65.9 Å². The quantitative estimate of drug-likeness (QED) is 0.537. The fourth-order valence-electron chi connectivity index (χ4n) is 3.05. The van der Waals surface area contributed by atoms with Gasteiger partial charge in [0.05, 0.1) is 33.6 Å². The molecule has 28 heavy (non-hydrogen) atoms. The van der Waals surface area contributed by atoms with Crippen LogP contribution in [0.4, 0.5) is 5.69 Å². The minimum atomic E-state index is -0.0803. The first kappa shape index (κ1) is 20.3. The fraction of sp³-hybridized carbons (Fsp3) is 0.238. The Balaban J connectivity index is 1.71. The van der Waals surface area contributed by atoms with Crippen LogP contribution in [0.15, 0.2) is 55.1 Å². The van der Waals surface area contributed by atoms with Crippen molar-refractivity contribution in [3.8, 4) is 5.69 Å². The highest BCUT2D eigenvalue weighted by atomic mass is 35.5. The number of aromatic nitrogens is 2. The third-order valence-electron chi connectivity index (χ3n) is 4.32. The zero-order valence-corrected chi connectivity index (χ0v) is 17.6. The smallest absolute Gasteiger partial charge is 0.238 e. The van der Waals surface area contributed by atoms with Crippen LogP contribution in [0.25, 0.3) is 5.69 Å². The minimum Gasteiger partial charge on any atom is -0.322 e. The van der Waals surface area contributed by atoms with Gasteiger partial charge in [0.15, 0.2) is 0 Å². The molecule has 2 aromatic heterocycles. The maximum Gasteiger partial charge on any atom is 0.238 e. The molecule has 5 nitrogen and oxygen atoms in total. The van der Waals surface area contributed by atoms with Crippen LogP contribution in [0.1, 0.15) is 16.3 Å². The van der Waals surface area contributed by atoms with Crippen LogP contribution in [0.3, 0.4) is 0 Å². The van der Waals surface area contributed by atoms with E-state index in [4.69, 9.17) is 11.6 Å². The number of hydrogen-bond donors (Lipinski definition) is 1. The number of nitrogens with one attached hydrogen (secondary N) is 1. The summed E-state index contributed by atoms with van der Waals surface area (Å²) in [6, 6.07) is 13.7. The van der Waals surface area contributed by atoms with Gasteiger partial charge in [-0.25, -0.2) is 4.68 Å². The lowest BCUT2D eigenvalue weighted by Crippen LogP contribution is -2.33. The van der Waals surface area contributed by atoms with Crippen LogP contribution in [-0.4, -0.2) is 33.7 Å². The van der Waals surface area contributed by atoms with Gasteiger partial charge in [-0.05, 0) is 38.1 Å². The van der Waals surface area contributed by atoms with Crippen molar-refractivity contribution in [2.75, 3.05) is 18.4 Å². The Kier molecular flexibility index (Phi) is 6.67. The zero-order valence-electron chi connectivity index (χ0n) is 16.0. The molecule has 0 saturated carbocycles. The Hall–Kier alpha value is -2.41. The molecule has 2 heterocycles. The number of amides is 1. The molecule has 7 heteroatoms. The summed E-state index contributed by atoms with van der Waals surface area (Å²) in [5.74, 6) is -0.0803. The van der Waals surface area contributed by atoms with Gasteiger partial charge in [0.2, 0.25) is 5.91 Å². The Morgan fingerprint density at radius 1 is 1.29 bits per heavy atom. The molecule has 0 spiro atoms. The Morgan fingerprint density at radius 2 is 2.04 bits per heavy atom. The van der Waals surface area contributed by atoms with Crippen molar-refractivity contribution in [3.05, 3.63) is 75.7 Å². The van der Waals surface area contributed by atoms with Gasteiger partial charge in [-0.15, -0.1) is 17.9 Å². The van der Waals surface area contributed by atoms with E-state index in [2.05, 4.69) is 17.0 Å². The number of anilines is 1. The first-order valence-electron chi connectivity index (χ1n) is 8.97. The number of hydrogen-bond acceptors (Lipinski definition) is 4. The summed E-state index contributed by atoms with van der Waals surface area (Å²) in [4.78, 5) is 15.8. The van der Waals surface area contributed by atoms with Crippen LogP contribution in [0.2, 0.25) is 4.34 Å². The van der Waals surface area contributed by atoms with Gasteiger partial charge < -0.3 is 5.32 Å². The van der Waals surface area contributed by atoms with Crippen molar-refractivity contribution in [3.63, 3.8) is 0 Å². The summed E-state index contributed by atoms with van der Waals surface area (Å²) in [6.07, 6.45) is 1.80. The van der Waals surface area contributed by atoms with E-state index in [1.54, 1.807) is 6.08 Å². The maximum absolute atomic E-state index is 12.7. The Morgan fingerprint density at radius 3 is 2.68 bits per heavy atom. The molecule has 0 aliphatic carbocycles. The second kappa shape index (κ2) is 9.19. The molecule has 0 saturated heterocycles. The number of carbonyl (C=O) groups excluding carboxylic acids is 1. The van der Waals surface area contributed by atoms with Gasteiger partial charge in [0, 0.05) is 18.0 Å². The lowest BCUT2D eigenvalue weighted by molar-refractivity contribution is -0.117. The number of thiophene rings is 1. The van der Waals surface area contributed by atoms with E-state index in [9.17, 15) is 4.79 Å². The van der Waals surface area contributed by atoms with Crippen molar-refractivity contribution < 1.29 is 4.79 Å². The predicted octanol–water partition coefficient (Wildman–Crippen LogP) is 4.83. The lowest BCUT2D eigenvalue weighted by atomic mass is 10.3. The number of nitrogens with zero attached hydrogens (tertiary/aromatic N) is 3. The average molecular weight is 415 g/mol. The third kappa shape index (κ3) is 4.90. The molecule has 1 amide bonds. The second-order valence-electron chi connectivity index (χ2n) is 6.51. The van der Waals surface area contributed by atoms with E-state index >= 15 is 0 Å². The van der Waals surface area contributed by atoms with Crippen LogP contribution >= 0.6 is 22.9 Å². The van der Waals surface area contributed by atoms with Gasteiger partial charge in [0.1, 0.15) is 0 Å². The van der Waals surface area contributed by atoms with Crippen molar-refractivity contribution in [2.24, 2.45) is 0 Å². The lowest BCUT2D eigenvalue weighted by Gasteiger charge is -2.19. The molecule has 146 valence electrons. The largest absolute Gasteiger partial charge is 0.322 e. The number of rotatable bonds is 8. The molecular formula is C21H23ClN4OS. The second-order valence-corrected chi connectivity index (χ2v) is 8.31. The van der Waals surface area contributed by atoms with Gasteiger partial charge in [-0.3, -0.25) is 9.69 Å². The zero-order chi connectivity index (χ0) is 20.1. The van der Waals surface area contributed by atoms with E-state index < -0.39 is 0 Å². The summed E-state index contributed by atoms with van der Waals surface area (Å²) >= 11 is 7.54. The molecule has 0 radical (unpaired) electrons. The summed E-state index contributed by atoms with van der Waals surface area (Å²) in [7, 11) is 0. The molecule has 0 fully saturated rings. The van der Waals surface area contributed by atoms with Crippen molar-refractivity contribution in [1.82, 2.24) is 14.7 Å². The van der Waals surface area contributed by atoms with Crippen molar-refractivity contribution >= 4 is 34.5 Å². The van der Waals surface area contributed by atoms with E-state index in [-0.39, 0.29) is 12.5 Å². The highest BCUT2D eigenvalue weighted by Gasteiger charge is 2.17. The summed E-state index contributed by atoms with van der Waals surface area (Å²) in [6.45, 7) is 9.18. The van der Waals surface area contributed by atoms with Crippen LogP contribution < -0.4 is 5.32 Å². The topological polar surface area (TPSA) is 50.2 Å². The van der Waals surface area contributed by atoms with Gasteiger partial charge >= 0.3 is 0 Å². The summed E-state index contributed by atoms with van der Waals surface area (Å²) < 4.78 is 2.60. The van der Waals surface area contributed by atoms with Crippen LogP contribution in [0.5, 0.6) is 0 Å². The normalized spacial score (nSPS) is 11.0. The van der Waals surface area contributed by atoms with E-state index in [0.717, 1.165) is 32.0 Å². The molecule has 1 N–H and O–H groups in total. The summed E-state index contributed by atoms with van der Waals surface area (Å²) in [5, 5.41) is 7.61. The molecule has 0 bridgehead atoms. The first-order valence-corrected chi connectivity index (χ1v) is 10.2. The molecular weight excluding hydrogens is 392 g/mol. The molecule has 0 aliphatic heterocycles. The van der Waals surface area contributed by atoms with Gasteiger partial charge in [-0.2, -0.15) is 5.10 Å². The first-order chi connectivity index (χ1) is 13.5. The molecule has 0 unspecified atom stereocenters.